The van der Waals surface area contributed by atoms with Crippen molar-refractivity contribution in [2.24, 2.45) is 0 Å². The average molecular weight is 280 g/mol. The summed E-state index contributed by atoms with van der Waals surface area (Å²) in [7, 11) is -0.879. The van der Waals surface area contributed by atoms with Gasteiger partial charge in [0.2, 0.25) is 0 Å². The maximum absolute atomic E-state index is 11.7. The number of nitrogens with zero attached hydrogens (tertiary/aromatic N) is 1. The molecule has 0 N–H and O–H groups in total. The molecule has 0 aliphatic rings. The van der Waals surface area contributed by atoms with E-state index in [4.69, 9.17) is 23.2 Å². The second kappa shape index (κ2) is 7.25. The van der Waals surface area contributed by atoms with Gasteiger partial charge in [-0.2, -0.15) is 0 Å². The van der Waals surface area contributed by atoms with Crippen molar-refractivity contribution in [3.05, 3.63) is 28.0 Å². The molecule has 1 atom stereocenters. The summed E-state index contributed by atoms with van der Waals surface area (Å²) < 4.78 is 11.7. The van der Waals surface area contributed by atoms with Gasteiger partial charge in [0.25, 0.3) is 0 Å². The lowest BCUT2D eigenvalue weighted by atomic mass is 10.3. The molecule has 0 fully saturated rings. The fraction of sp³-hybridized carbons (Fsp3) is 0.545. The highest BCUT2D eigenvalue weighted by Gasteiger charge is 2.07. The van der Waals surface area contributed by atoms with Crippen LogP contribution in [0.4, 0.5) is 0 Å². The number of halogens is 2. The average Bonchev–Trinajstić information content (AvgIpc) is 2.23. The van der Waals surface area contributed by atoms with Gasteiger partial charge in [0.15, 0.2) is 0 Å². The van der Waals surface area contributed by atoms with Crippen molar-refractivity contribution >= 4 is 34.0 Å². The van der Waals surface area contributed by atoms with Crippen molar-refractivity contribution < 1.29 is 4.21 Å². The summed E-state index contributed by atoms with van der Waals surface area (Å²) in [5.41, 5.74) is 0.667. The first kappa shape index (κ1) is 13.9. The van der Waals surface area contributed by atoms with Crippen molar-refractivity contribution in [2.45, 2.75) is 31.9 Å². The molecule has 0 saturated heterocycles. The third kappa shape index (κ3) is 4.81. The zero-order chi connectivity index (χ0) is 12.0. The predicted molar refractivity (Wildman–Crippen MR) is 70.5 cm³/mol. The van der Waals surface area contributed by atoms with Gasteiger partial charge in [-0.1, -0.05) is 43.0 Å². The van der Waals surface area contributed by atoms with Crippen LogP contribution in [0.2, 0.25) is 10.0 Å². The van der Waals surface area contributed by atoms with E-state index in [0.29, 0.717) is 27.2 Å². The van der Waals surface area contributed by atoms with Crippen LogP contribution in [0.3, 0.4) is 0 Å². The molecular weight excluding hydrogens is 265 g/mol. The maximum atomic E-state index is 11.7. The van der Waals surface area contributed by atoms with Gasteiger partial charge < -0.3 is 0 Å². The topological polar surface area (TPSA) is 30.0 Å². The largest absolute Gasteiger partial charge is 0.259 e. The molecule has 0 amide bonds. The van der Waals surface area contributed by atoms with Gasteiger partial charge in [0.1, 0.15) is 0 Å². The SMILES string of the molecule is CCCCCS(=O)Cc1ncc(Cl)cc1Cl. The van der Waals surface area contributed by atoms with Crippen LogP contribution in [0, 0.1) is 0 Å². The number of pyridine rings is 1. The Hall–Kier alpha value is -0.120. The summed E-state index contributed by atoms with van der Waals surface area (Å²) in [5, 5.41) is 1.00. The lowest BCUT2D eigenvalue weighted by molar-refractivity contribution is 0.675. The molecule has 1 aromatic rings. The number of hydrogen-bond donors (Lipinski definition) is 0. The fourth-order valence-electron chi connectivity index (χ4n) is 1.29. The van der Waals surface area contributed by atoms with Crippen LogP contribution in [-0.4, -0.2) is 14.9 Å². The first-order valence-corrected chi connectivity index (χ1v) is 7.52. The van der Waals surface area contributed by atoms with Crippen LogP contribution >= 0.6 is 23.2 Å². The fourth-order valence-corrected chi connectivity index (χ4v) is 3.02. The molecule has 0 aromatic carbocycles. The zero-order valence-corrected chi connectivity index (χ0v) is 11.5. The van der Waals surface area contributed by atoms with Gasteiger partial charge in [-0.3, -0.25) is 9.19 Å². The molecule has 16 heavy (non-hydrogen) atoms. The Morgan fingerprint density at radius 3 is 2.75 bits per heavy atom. The van der Waals surface area contributed by atoms with E-state index in [9.17, 15) is 4.21 Å². The monoisotopic (exact) mass is 279 g/mol. The molecule has 0 radical (unpaired) electrons. The Bertz CT molecular complexity index is 371. The zero-order valence-electron chi connectivity index (χ0n) is 9.21. The molecule has 0 spiro atoms. The standard InChI is InChI=1S/C11H15Cl2NOS/c1-2-3-4-5-16(15)8-11-10(13)6-9(12)7-14-11/h6-7H,2-5,8H2,1H3. The molecule has 0 bridgehead atoms. The van der Waals surface area contributed by atoms with Crippen molar-refractivity contribution in [2.75, 3.05) is 5.75 Å². The Balaban J connectivity index is 2.49. The van der Waals surface area contributed by atoms with Gasteiger partial charge in [0, 0.05) is 22.7 Å². The molecule has 2 nitrogen and oxygen atoms in total. The van der Waals surface area contributed by atoms with E-state index in [-0.39, 0.29) is 0 Å². The van der Waals surface area contributed by atoms with Gasteiger partial charge in [0.05, 0.1) is 21.5 Å². The Morgan fingerprint density at radius 2 is 2.12 bits per heavy atom. The smallest absolute Gasteiger partial charge is 0.0715 e. The lowest BCUT2D eigenvalue weighted by Crippen LogP contribution is -2.03. The quantitative estimate of drug-likeness (QED) is 0.741. The predicted octanol–water partition coefficient (Wildman–Crippen LogP) is 3.83. The summed E-state index contributed by atoms with van der Waals surface area (Å²) in [5.74, 6) is 1.13. The van der Waals surface area contributed by atoms with E-state index in [1.807, 2.05) is 0 Å². The minimum Gasteiger partial charge on any atom is -0.259 e. The second-order valence-electron chi connectivity index (χ2n) is 3.58. The van der Waals surface area contributed by atoms with Crippen LogP contribution in [0.5, 0.6) is 0 Å². The lowest BCUT2D eigenvalue weighted by Gasteiger charge is -2.04. The highest BCUT2D eigenvalue weighted by molar-refractivity contribution is 7.84. The summed E-state index contributed by atoms with van der Waals surface area (Å²) in [6.45, 7) is 2.13. The van der Waals surface area contributed by atoms with E-state index in [0.717, 1.165) is 19.3 Å². The molecule has 1 unspecified atom stereocenters. The number of rotatable bonds is 6. The highest BCUT2D eigenvalue weighted by Crippen LogP contribution is 2.19. The first-order chi connectivity index (χ1) is 7.63. The Morgan fingerprint density at radius 1 is 1.38 bits per heavy atom. The maximum Gasteiger partial charge on any atom is 0.0715 e. The second-order valence-corrected chi connectivity index (χ2v) is 6.00. The van der Waals surface area contributed by atoms with Crippen LogP contribution in [0.1, 0.15) is 31.9 Å². The van der Waals surface area contributed by atoms with E-state index in [1.54, 1.807) is 6.07 Å². The minimum absolute atomic E-state index is 0.416. The summed E-state index contributed by atoms with van der Waals surface area (Å²) in [4.78, 5) is 4.09. The van der Waals surface area contributed by atoms with E-state index < -0.39 is 10.8 Å². The molecular formula is C11H15Cl2NOS. The Labute approximate surface area is 109 Å². The molecule has 1 heterocycles. The van der Waals surface area contributed by atoms with E-state index in [2.05, 4.69) is 11.9 Å². The van der Waals surface area contributed by atoms with Crippen LogP contribution < -0.4 is 0 Å². The van der Waals surface area contributed by atoms with Crippen molar-refractivity contribution in [1.29, 1.82) is 0 Å². The normalized spacial score (nSPS) is 12.7. The Kier molecular flexibility index (Phi) is 6.32. The number of hydrogen-bond acceptors (Lipinski definition) is 2. The van der Waals surface area contributed by atoms with Crippen molar-refractivity contribution in [1.82, 2.24) is 4.98 Å². The number of aromatic nitrogens is 1. The minimum atomic E-state index is -0.879. The highest BCUT2D eigenvalue weighted by atomic mass is 35.5. The third-order valence-corrected chi connectivity index (χ3v) is 4.03. The van der Waals surface area contributed by atoms with Gasteiger partial charge in [-0.25, -0.2) is 0 Å². The first-order valence-electron chi connectivity index (χ1n) is 5.28. The van der Waals surface area contributed by atoms with Crippen LogP contribution in [-0.2, 0) is 16.6 Å². The van der Waals surface area contributed by atoms with Gasteiger partial charge >= 0.3 is 0 Å². The number of unbranched alkanes of at least 4 members (excludes halogenated alkanes) is 2. The molecule has 5 heteroatoms. The molecule has 1 rings (SSSR count). The summed E-state index contributed by atoms with van der Waals surface area (Å²) >= 11 is 11.7. The van der Waals surface area contributed by atoms with Gasteiger partial charge in [-0.05, 0) is 12.5 Å². The summed E-state index contributed by atoms with van der Waals surface area (Å²) in [6, 6.07) is 1.63. The van der Waals surface area contributed by atoms with Crippen LogP contribution in [0.15, 0.2) is 12.3 Å². The van der Waals surface area contributed by atoms with Crippen molar-refractivity contribution in [3.63, 3.8) is 0 Å². The molecule has 90 valence electrons. The molecule has 0 aliphatic heterocycles. The van der Waals surface area contributed by atoms with Crippen LogP contribution in [0.25, 0.3) is 0 Å². The molecule has 1 aromatic heterocycles. The van der Waals surface area contributed by atoms with Gasteiger partial charge in [-0.15, -0.1) is 0 Å². The molecule has 0 saturated carbocycles. The van der Waals surface area contributed by atoms with E-state index >= 15 is 0 Å². The third-order valence-electron chi connectivity index (χ3n) is 2.16. The van der Waals surface area contributed by atoms with Crippen molar-refractivity contribution in [3.8, 4) is 0 Å². The molecule has 0 aliphatic carbocycles. The van der Waals surface area contributed by atoms with E-state index in [1.165, 1.54) is 6.20 Å². The summed E-state index contributed by atoms with van der Waals surface area (Å²) in [6.07, 6.45) is 4.78.